The first-order valence-corrected chi connectivity index (χ1v) is 10.6. The number of aryl methyl sites for hydroxylation is 1. The lowest BCUT2D eigenvalue weighted by Crippen LogP contribution is -2.52. The zero-order valence-corrected chi connectivity index (χ0v) is 17.3. The van der Waals surface area contributed by atoms with Crippen molar-refractivity contribution < 1.29 is 14.4 Å². The second-order valence-electron chi connectivity index (χ2n) is 7.91. The number of piperazine rings is 1. The Hall–Kier alpha value is -3.15. The van der Waals surface area contributed by atoms with E-state index in [1.54, 1.807) is 14.7 Å². The summed E-state index contributed by atoms with van der Waals surface area (Å²) in [5.41, 5.74) is 2.75. The summed E-state index contributed by atoms with van der Waals surface area (Å²) in [5.74, 6) is -0.307. The molecule has 0 bridgehead atoms. The van der Waals surface area contributed by atoms with E-state index in [0.717, 1.165) is 12.1 Å². The van der Waals surface area contributed by atoms with E-state index in [9.17, 15) is 14.4 Å². The van der Waals surface area contributed by atoms with Gasteiger partial charge >= 0.3 is 0 Å². The fourth-order valence-electron chi connectivity index (χ4n) is 4.19. The first-order valence-electron chi connectivity index (χ1n) is 10.6. The lowest BCUT2D eigenvalue weighted by molar-refractivity contribution is -0.137. The van der Waals surface area contributed by atoms with Crippen molar-refractivity contribution in [1.82, 2.24) is 9.80 Å². The van der Waals surface area contributed by atoms with Crippen molar-refractivity contribution >= 4 is 23.4 Å². The molecule has 0 aromatic heterocycles. The van der Waals surface area contributed by atoms with Crippen molar-refractivity contribution in [2.45, 2.75) is 19.8 Å². The van der Waals surface area contributed by atoms with E-state index in [2.05, 4.69) is 6.92 Å². The standard InChI is InChI=1S/C24H27N3O3/c1-2-18-8-10-21(11-9-18)27-17-20(16-22(27)28)24(30)26-14-12-25(13-15-26)23(29)19-6-4-3-5-7-19/h3-11,20H,2,12-17H2,1H3. The molecule has 2 saturated heterocycles. The number of benzene rings is 2. The Labute approximate surface area is 177 Å². The smallest absolute Gasteiger partial charge is 0.253 e. The lowest BCUT2D eigenvalue weighted by Gasteiger charge is -2.36. The van der Waals surface area contributed by atoms with E-state index in [0.29, 0.717) is 38.3 Å². The summed E-state index contributed by atoms with van der Waals surface area (Å²) in [4.78, 5) is 43.4. The second kappa shape index (κ2) is 8.69. The first kappa shape index (κ1) is 20.1. The minimum Gasteiger partial charge on any atom is -0.339 e. The number of anilines is 1. The molecule has 156 valence electrons. The van der Waals surface area contributed by atoms with Crippen molar-refractivity contribution in [3.05, 3.63) is 65.7 Å². The molecule has 30 heavy (non-hydrogen) atoms. The predicted octanol–water partition coefficient (Wildman–Crippen LogP) is 2.59. The molecule has 0 spiro atoms. The largest absolute Gasteiger partial charge is 0.339 e. The molecule has 0 radical (unpaired) electrons. The highest BCUT2D eigenvalue weighted by molar-refractivity contribution is 6.00. The van der Waals surface area contributed by atoms with Crippen LogP contribution in [0, 0.1) is 5.92 Å². The van der Waals surface area contributed by atoms with Gasteiger partial charge in [0.2, 0.25) is 11.8 Å². The minimum absolute atomic E-state index is 0.000412. The van der Waals surface area contributed by atoms with Crippen LogP contribution in [0.3, 0.4) is 0 Å². The Morgan fingerprint density at radius 2 is 1.53 bits per heavy atom. The quantitative estimate of drug-likeness (QED) is 0.786. The van der Waals surface area contributed by atoms with Crippen LogP contribution < -0.4 is 4.90 Å². The molecule has 6 heteroatoms. The van der Waals surface area contributed by atoms with E-state index in [-0.39, 0.29) is 30.1 Å². The number of carbonyl (C=O) groups is 3. The van der Waals surface area contributed by atoms with Crippen molar-refractivity contribution in [1.29, 1.82) is 0 Å². The summed E-state index contributed by atoms with van der Waals surface area (Å²) in [7, 11) is 0. The van der Waals surface area contributed by atoms with Crippen LogP contribution in [0.15, 0.2) is 54.6 Å². The van der Waals surface area contributed by atoms with E-state index >= 15 is 0 Å². The molecule has 2 aromatic carbocycles. The lowest BCUT2D eigenvalue weighted by atomic mass is 10.1. The fraction of sp³-hybridized carbons (Fsp3) is 0.375. The fourth-order valence-corrected chi connectivity index (χ4v) is 4.19. The molecule has 0 aliphatic carbocycles. The zero-order chi connectivity index (χ0) is 21.1. The maximum absolute atomic E-state index is 13.0. The van der Waals surface area contributed by atoms with Gasteiger partial charge in [-0.3, -0.25) is 14.4 Å². The van der Waals surface area contributed by atoms with Gasteiger partial charge in [0.15, 0.2) is 0 Å². The molecule has 1 unspecified atom stereocenters. The van der Waals surface area contributed by atoms with Gasteiger partial charge < -0.3 is 14.7 Å². The average molecular weight is 405 g/mol. The molecule has 6 nitrogen and oxygen atoms in total. The van der Waals surface area contributed by atoms with Gasteiger partial charge in [0, 0.05) is 50.4 Å². The highest BCUT2D eigenvalue weighted by Gasteiger charge is 2.38. The molecule has 2 fully saturated rings. The van der Waals surface area contributed by atoms with Crippen LogP contribution in [-0.4, -0.2) is 60.2 Å². The number of hydrogen-bond donors (Lipinski definition) is 0. The van der Waals surface area contributed by atoms with Crippen LogP contribution in [0.1, 0.15) is 29.3 Å². The first-order chi connectivity index (χ1) is 14.6. The van der Waals surface area contributed by atoms with Crippen LogP contribution in [0.25, 0.3) is 0 Å². The van der Waals surface area contributed by atoms with Crippen LogP contribution in [-0.2, 0) is 16.0 Å². The monoisotopic (exact) mass is 405 g/mol. The summed E-state index contributed by atoms with van der Waals surface area (Å²) >= 11 is 0. The van der Waals surface area contributed by atoms with Crippen LogP contribution in [0.5, 0.6) is 0 Å². The summed E-state index contributed by atoms with van der Waals surface area (Å²) in [6, 6.07) is 17.2. The molecule has 4 rings (SSSR count). The van der Waals surface area contributed by atoms with Gasteiger partial charge in [0.1, 0.15) is 0 Å². The van der Waals surface area contributed by atoms with E-state index < -0.39 is 0 Å². The molecular weight excluding hydrogens is 378 g/mol. The molecule has 2 heterocycles. The van der Waals surface area contributed by atoms with E-state index in [1.807, 2.05) is 54.6 Å². The third kappa shape index (κ3) is 4.08. The molecule has 2 aliphatic rings. The second-order valence-corrected chi connectivity index (χ2v) is 7.91. The predicted molar refractivity (Wildman–Crippen MR) is 115 cm³/mol. The SMILES string of the molecule is CCc1ccc(N2CC(C(=O)N3CCN(C(=O)c4ccccc4)CC3)CC2=O)cc1. The molecule has 0 saturated carbocycles. The van der Waals surface area contributed by atoms with Gasteiger partial charge in [-0.15, -0.1) is 0 Å². The van der Waals surface area contributed by atoms with Gasteiger partial charge in [-0.2, -0.15) is 0 Å². The summed E-state index contributed by atoms with van der Waals surface area (Å²) in [6.07, 6.45) is 1.20. The van der Waals surface area contributed by atoms with Crippen LogP contribution in [0.4, 0.5) is 5.69 Å². The summed E-state index contributed by atoms with van der Waals surface area (Å²) in [6.45, 7) is 4.56. The van der Waals surface area contributed by atoms with Crippen LogP contribution >= 0.6 is 0 Å². The number of nitrogens with zero attached hydrogens (tertiary/aromatic N) is 3. The number of amides is 3. The van der Waals surface area contributed by atoms with Gasteiger partial charge in [0.25, 0.3) is 5.91 Å². The molecular formula is C24H27N3O3. The maximum atomic E-state index is 13.0. The van der Waals surface area contributed by atoms with Gasteiger partial charge in [-0.1, -0.05) is 37.3 Å². The number of hydrogen-bond acceptors (Lipinski definition) is 3. The third-order valence-electron chi connectivity index (χ3n) is 6.03. The van der Waals surface area contributed by atoms with Crippen molar-refractivity contribution in [2.75, 3.05) is 37.6 Å². The van der Waals surface area contributed by atoms with Crippen molar-refractivity contribution in [2.24, 2.45) is 5.92 Å². The third-order valence-corrected chi connectivity index (χ3v) is 6.03. The van der Waals surface area contributed by atoms with Gasteiger partial charge in [-0.05, 0) is 36.2 Å². The Morgan fingerprint density at radius 3 is 2.17 bits per heavy atom. The zero-order valence-electron chi connectivity index (χ0n) is 17.3. The number of rotatable bonds is 4. The van der Waals surface area contributed by atoms with Crippen LogP contribution in [0.2, 0.25) is 0 Å². The van der Waals surface area contributed by atoms with Gasteiger partial charge in [0.05, 0.1) is 5.92 Å². The van der Waals surface area contributed by atoms with Gasteiger partial charge in [-0.25, -0.2) is 0 Å². The Kier molecular flexibility index (Phi) is 5.84. The highest BCUT2D eigenvalue weighted by atomic mass is 16.2. The highest BCUT2D eigenvalue weighted by Crippen LogP contribution is 2.27. The van der Waals surface area contributed by atoms with Crippen molar-refractivity contribution in [3.63, 3.8) is 0 Å². The summed E-state index contributed by atoms with van der Waals surface area (Å²) < 4.78 is 0. The van der Waals surface area contributed by atoms with E-state index in [4.69, 9.17) is 0 Å². The number of carbonyl (C=O) groups excluding carboxylic acids is 3. The summed E-state index contributed by atoms with van der Waals surface area (Å²) in [5, 5.41) is 0. The molecule has 2 aromatic rings. The van der Waals surface area contributed by atoms with Crippen molar-refractivity contribution in [3.8, 4) is 0 Å². The molecule has 3 amide bonds. The Balaban J connectivity index is 1.34. The molecule has 2 aliphatic heterocycles. The Morgan fingerprint density at radius 1 is 0.900 bits per heavy atom. The average Bonchev–Trinajstić information content (AvgIpc) is 3.20. The topological polar surface area (TPSA) is 60.9 Å². The molecule has 0 N–H and O–H groups in total. The molecule has 1 atom stereocenters. The van der Waals surface area contributed by atoms with E-state index in [1.165, 1.54) is 5.56 Å². The minimum atomic E-state index is -0.320. The maximum Gasteiger partial charge on any atom is 0.253 e. The normalized spacial score (nSPS) is 19.3. The Bertz CT molecular complexity index is 918.